The van der Waals surface area contributed by atoms with E-state index in [0.717, 1.165) is 28.1 Å². The lowest BCUT2D eigenvalue weighted by molar-refractivity contribution is -0.139. The van der Waals surface area contributed by atoms with Crippen molar-refractivity contribution in [1.82, 2.24) is 4.57 Å². The monoisotopic (exact) mass is 319 g/mol. The number of aromatic nitrogens is 1. The first-order valence-electron chi connectivity index (χ1n) is 7.45. The number of nitrogens with zero attached hydrogens (tertiary/aromatic N) is 1. The van der Waals surface area contributed by atoms with Crippen molar-refractivity contribution in [2.24, 2.45) is 0 Å². The van der Waals surface area contributed by atoms with Crippen molar-refractivity contribution in [1.29, 1.82) is 0 Å². The summed E-state index contributed by atoms with van der Waals surface area (Å²) in [6.07, 6.45) is 0. The number of ether oxygens (including phenoxy) is 1. The number of benzene rings is 1. The molecule has 118 valence electrons. The van der Waals surface area contributed by atoms with E-state index in [-0.39, 0.29) is 5.97 Å². The standard InChI is InChI=1S/C18H22ClNO2/c1-6-20-13(4)18(12(3)11(2)10-22-14(5)21)16-9-15(19)7-8-17(16)20/h7-9H,6,10H2,1-5H3/b12-11+. The molecule has 4 heteroatoms. The minimum atomic E-state index is -0.261. The van der Waals surface area contributed by atoms with Gasteiger partial charge in [-0.1, -0.05) is 11.6 Å². The van der Waals surface area contributed by atoms with Crippen LogP contribution in [0.2, 0.25) is 5.02 Å². The maximum atomic E-state index is 11.0. The molecule has 0 amide bonds. The number of carbonyl (C=O) groups is 1. The van der Waals surface area contributed by atoms with Crippen LogP contribution in [0.3, 0.4) is 0 Å². The molecule has 0 bridgehead atoms. The van der Waals surface area contributed by atoms with E-state index in [1.165, 1.54) is 23.7 Å². The molecule has 2 rings (SSSR count). The lowest BCUT2D eigenvalue weighted by Crippen LogP contribution is -2.03. The summed E-state index contributed by atoms with van der Waals surface area (Å²) in [4.78, 5) is 11.0. The average molecular weight is 320 g/mol. The largest absolute Gasteiger partial charge is 0.461 e. The van der Waals surface area contributed by atoms with Crippen LogP contribution in [0.4, 0.5) is 0 Å². The first kappa shape index (κ1) is 16.6. The molecule has 1 heterocycles. The fraction of sp³-hybridized carbons (Fsp3) is 0.389. The number of aryl methyl sites for hydroxylation is 1. The minimum Gasteiger partial charge on any atom is -0.461 e. The first-order chi connectivity index (χ1) is 10.4. The van der Waals surface area contributed by atoms with Crippen LogP contribution in [0.1, 0.15) is 39.0 Å². The summed E-state index contributed by atoms with van der Waals surface area (Å²) in [6.45, 7) is 11.0. The third-order valence-electron chi connectivity index (χ3n) is 4.11. The van der Waals surface area contributed by atoms with Crippen molar-refractivity contribution < 1.29 is 9.53 Å². The van der Waals surface area contributed by atoms with E-state index in [1.54, 1.807) is 0 Å². The molecule has 0 spiro atoms. The fourth-order valence-electron chi connectivity index (χ4n) is 2.87. The summed E-state index contributed by atoms with van der Waals surface area (Å²) in [6, 6.07) is 5.99. The number of esters is 1. The van der Waals surface area contributed by atoms with Gasteiger partial charge in [-0.25, -0.2) is 0 Å². The molecular formula is C18H22ClNO2. The Kier molecular flexibility index (Phi) is 4.97. The molecule has 0 saturated heterocycles. The number of halogens is 1. The smallest absolute Gasteiger partial charge is 0.302 e. The van der Waals surface area contributed by atoms with Gasteiger partial charge in [-0.15, -0.1) is 0 Å². The van der Waals surface area contributed by atoms with Gasteiger partial charge in [0.1, 0.15) is 6.61 Å². The first-order valence-corrected chi connectivity index (χ1v) is 7.83. The Bertz CT molecular complexity index is 756. The number of allylic oxidation sites excluding steroid dienone is 1. The van der Waals surface area contributed by atoms with Gasteiger partial charge in [0, 0.05) is 40.7 Å². The molecule has 22 heavy (non-hydrogen) atoms. The van der Waals surface area contributed by atoms with Gasteiger partial charge in [-0.05, 0) is 57.0 Å². The summed E-state index contributed by atoms with van der Waals surface area (Å²) >= 11 is 6.19. The van der Waals surface area contributed by atoms with Crippen molar-refractivity contribution in [2.75, 3.05) is 6.61 Å². The second-order valence-electron chi connectivity index (χ2n) is 5.55. The summed E-state index contributed by atoms with van der Waals surface area (Å²) in [5.74, 6) is -0.261. The quantitative estimate of drug-likeness (QED) is 0.744. The van der Waals surface area contributed by atoms with Crippen LogP contribution in [-0.2, 0) is 16.1 Å². The molecule has 0 saturated carbocycles. The van der Waals surface area contributed by atoms with Crippen LogP contribution in [0.5, 0.6) is 0 Å². The Morgan fingerprint density at radius 1 is 1.27 bits per heavy atom. The molecule has 0 unspecified atom stereocenters. The molecule has 0 aliphatic rings. The minimum absolute atomic E-state index is 0.261. The summed E-state index contributed by atoms with van der Waals surface area (Å²) in [5, 5.41) is 1.87. The maximum absolute atomic E-state index is 11.0. The van der Waals surface area contributed by atoms with Crippen molar-refractivity contribution >= 4 is 34.0 Å². The Morgan fingerprint density at radius 3 is 2.55 bits per heavy atom. The number of hydrogen-bond donors (Lipinski definition) is 0. The molecule has 0 aliphatic heterocycles. The maximum Gasteiger partial charge on any atom is 0.302 e. The lowest BCUT2D eigenvalue weighted by Gasteiger charge is -2.10. The second kappa shape index (κ2) is 6.57. The molecule has 0 atom stereocenters. The SMILES string of the molecule is CCn1c(C)c(/C(C)=C(\C)COC(C)=O)c2cc(Cl)ccc21. The van der Waals surface area contributed by atoms with Crippen molar-refractivity contribution in [3.05, 3.63) is 40.1 Å². The Labute approximate surface area is 136 Å². The Morgan fingerprint density at radius 2 is 1.95 bits per heavy atom. The summed E-state index contributed by atoms with van der Waals surface area (Å²) in [7, 11) is 0. The molecule has 1 aromatic heterocycles. The normalized spacial score (nSPS) is 12.5. The Hall–Kier alpha value is -1.74. The molecule has 2 aromatic rings. The second-order valence-corrected chi connectivity index (χ2v) is 5.99. The van der Waals surface area contributed by atoms with Gasteiger partial charge in [0.15, 0.2) is 0 Å². The van der Waals surface area contributed by atoms with Crippen molar-refractivity contribution in [2.45, 2.75) is 41.2 Å². The van der Waals surface area contributed by atoms with Crippen LogP contribution in [-0.4, -0.2) is 17.1 Å². The number of hydrogen-bond acceptors (Lipinski definition) is 2. The summed E-state index contributed by atoms with van der Waals surface area (Å²) in [5.41, 5.74) is 5.76. The van der Waals surface area contributed by atoms with E-state index in [9.17, 15) is 4.79 Å². The lowest BCUT2D eigenvalue weighted by atomic mass is 9.99. The molecule has 1 aromatic carbocycles. The zero-order chi connectivity index (χ0) is 16.4. The topological polar surface area (TPSA) is 31.2 Å². The van der Waals surface area contributed by atoms with E-state index in [1.807, 2.05) is 19.1 Å². The van der Waals surface area contributed by atoms with E-state index in [0.29, 0.717) is 6.61 Å². The molecule has 0 aliphatic carbocycles. The van der Waals surface area contributed by atoms with Crippen LogP contribution in [0.25, 0.3) is 16.5 Å². The van der Waals surface area contributed by atoms with E-state index >= 15 is 0 Å². The highest BCUT2D eigenvalue weighted by molar-refractivity contribution is 6.31. The highest BCUT2D eigenvalue weighted by atomic mass is 35.5. The van der Waals surface area contributed by atoms with E-state index < -0.39 is 0 Å². The van der Waals surface area contributed by atoms with Crippen LogP contribution in [0, 0.1) is 6.92 Å². The highest BCUT2D eigenvalue weighted by Gasteiger charge is 2.16. The van der Waals surface area contributed by atoms with Gasteiger partial charge in [-0.3, -0.25) is 4.79 Å². The molecule has 0 radical (unpaired) electrons. The third kappa shape index (κ3) is 3.05. The van der Waals surface area contributed by atoms with Gasteiger partial charge in [0.2, 0.25) is 0 Å². The van der Waals surface area contributed by atoms with Crippen LogP contribution >= 0.6 is 11.6 Å². The fourth-order valence-corrected chi connectivity index (χ4v) is 3.04. The molecule has 0 N–H and O–H groups in total. The van der Waals surface area contributed by atoms with Gasteiger partial charge >= 0.3 is 5.97 Å². The number of rotatable bonds is 4. The zero-order valence-electron chi connectivity index (χ0n) is 13.8. The highest BCUT2D eigenvalue weighted by Crippen LogP contribution is 2.34. The number of carbonyl (C=O) groups excluding carboxylic acids is 1. The number of fused-ring (bicyclic) bond motifs is 1. The van der Waals surface area contributed by atoms with Gasteiger partial charge in [0.25, 0.3) is 0 Å². The predicted molar refractivity (Wildman–Crippen MR) is 92.3 cm³/mol. The van der Waals surface area contributed by atoms with E-state index in [4.69, 9.17) is 16.3 Å². The van der Waals surface area contributed by atoms with Gasteiger partial charge in [0.05, 0.1) is 0 Å². The van der Waals surface area contributed by atoms with E-state index in [2.05, 4.69) is 31.4 Å². The van der Waals surface area contributed by atoms with Gasteiger partial charge < -0.3 is 9.30 Å². The zero-order valence-corrected chi connectivity index (χ0v) is 14.5. The predicted octanol–water partition coefficient (Wildman–Crippen LogP) is 4.98. The van der Waals surface area contributed by atoms with Gasteiger partial charge in [-0.2, -0.15) is 0 Å². The van der Waals surface area contributed by atoms with Crippen molar-refractivity contribution in [3.8, 4) is 0 Å². The molecule has 0 fully saturated rings. The molecular weight excluding hydrogens is 298 g/mol. The Balaban J connectivity index is 2.63. The summed E-state index contributed by atoms with van der Waals surface area (Å²) < 4.78 is 7.41. The average Bonchev–Trinajstić information content (AvgIpc) is 2.74. The third-order valence-corrected chi connectivity index (χ3v) is 4.34. The van der Waals surface area contributed by atoms with Crippen LogP contribution in [0.15, 0.2) is 23.8 Å². The van der Waals surface area contributed by atoms with Crippen LogP contribution < -0.4 is 0 Å². The van der Waals surface area contributed by atoms with Crippen molar-refractivity contribution in [3.63, 3.8) is 0 Å². The molecule has 3 nitrogen and oxygen atoms in total.